The second-order valence-electron chi connectivity index (χ2n) is 7.58. The highest BCUT2D eigenvalue weighted by molar-refractivity contribution is 5.78. The number of piperazine rings is 1. The lowest BCUT2D eigenvalue weighted by atomic mass is 10.0. The van der Waals surface area contributed by atoms with Gasteiger partial charge in [0.1, 0.15) is 0 Å². The first-order valence-corrected chi connectivity index (χ1v) is 9.02. The molecule has 1 saturated heterocycles. The summed E-state index contributed by atoms with van der Waals surface area (Å²) in [6.07, 6.45) is 5.23. The first-order valence-electron chi connectivity index (χ1n) is 9.02. The number of amides is 1. The van der Waals surface area contributed by atoms with E-state index in [1.807, 2.05) is 13.8 Å². The van der Waals surface area contributed by atoms with Crippen LogP contribution in [-0.2, 0) is 4.79 Å². The fourth-order valence-corrected chi connectivity index (χ4v) is 3.46. The SMILES string of the molecule is CC(C)C(=O)N1C(C)CN(CCCCCCN(C)C)CC1C. The van der Waals surface area contributed by atoms with Crippen LogP contribution >= 0.6 is 0 Å². The molecule has 1 amide bonds. The number of unbranched alkanes of at least 4 members (excludes halogenated alkanes) is 3. The number of hydrogen-bond acceptors (Lipinski definition) is 3. The van der Waals surface area contributed by atoms with Crippen LogP contribution < -0.4 is 0 Å². The van der Waals surface area contributed by atoms with Crippen molar-refractivity contribution in [3.63, 3.8) is 0 Å². The van der Waals surface area contributed by atoms with Crippen LogP contribution in [0.5, 0.6) is 0 Å². The summed E-state index contributed by atoms with van der Waals surface area (Å²) in [5, 5.41) is 0. The summed E-state index contributed by atoms with van der Waals surface area (Å²) < 4.78 is 0. The molecule has 22 heavy (non-hydrogen) atoms. The van der Waals surface area contributed by atoms with E-state index in [2.05, 4.69) is 42.6 Å². The van der Waals surface area contributed by atoms with E-state index in [0.717, 1.165) is 13.1 Å². The van der Waals surface area contributed by atoms with E-state index >= 15 is 0 Å². The third-order valence-electron chi connectivity index (χ3n) is 4.57. The zero-order valence-electron chi connectivity index (χ0n) is 15.6. The van der Waals surface area contributed by atoms with Gasteiger partial charge in [0.25, 0.3) is 0 Å². The number of hydrogen-bond donors (Lipinski definition) is 0. The lowest BCUT2D eigenvalue weighted by Crippen LogP contribution is -2.59. The van der Waals surface area contributed by atoms with Crippen LogP contribution in [0.2, 0.25) is 0 Å². The van der Waals surface area contributed by atoms with Crippen molar-refractivity contribution in [2.75, 3.05) is 40.3 Å². The maximum absolute atomic E-state index is 12.3. The average molecular weight is 312 g/mol. The molecule has 0 N–H and O–H groups in total. The van der Waals surface area contributed by atoms with Crippen molar-refractivity contribution in [3.8, 4) is 0 Å². The summed E-state index contributed by atoms with van der Waals surface area (Å²) in [6.45, 7) is 12.8. The molecule has 0 bridgehead atoms. The Hall–Kier alpha value is -0.610. The Morgan fingerprint density at radius 3 is 2.09 bits per heavy atom. The Bertz CT molecular complexity index is 318. The second kappa shape index (κ2) is 9.51. The smallest absolute Gasteiger partial charge is 0.225 e. The van der Waals surface area contributed by atoms with Gasteiger partial charge >= 0.3 is 0 Å². The van der Waals surface area contributed by atoms with E-state index in [1.54, 1.807) is 0 Å². The molecule has 1 heterocycles. The van der Waals surface area contributed by atoms with Gasteiger partial charge in [0, 0.05) is 31.1 Å². The molecular weight excluding hydrogens is 274 g/mol. The van der Waals surface area contributed by atoms with Gasteiger partial charge in [-0.15, -0.1) is 0 Å². The van der Waals surface area contributed by atoms with E-state index in [-0.39, 0.29) is 5.92 Å². The Balaban J connectivity index is 2.28. The quantitative estimate of drug-likeness (QED) is 0.645. The standard InChI is InChI=1S/C18H37N3O/c1-15(2)18(22)21-16(3)13-20(14-17(21)4)12-10-8-7-9-11-19(5)6/h15-17H,7-14H2,1-6H3. The highest BCUT2D eigenvalue weighted by Gasteiger charge is 2.33. The van der Waals surface area contributed by atoms with Crippen LogP contribution in [0, 0.1) is 5.92 Å². The maximum Gasteiger partial charge on any atom is 0.225 e. The van der Waals surface area contributed by atoms with Crippen molar-refractivity contribution in [2.24, 2.45) is 5.92 Å². The molecule has 0 spiro atoms. The van der Waals surface area contributed by atoms with Gasteiger partial charge in [-0.05, 0) is 53.9 Å². The van der Waals surface area contributed by atoms with Crippen LogP contribution in [-0.4, -0.2) is 73.0 Å². The molecule has 0 saturated carbocycles. The van der Waals surface area contributed by atoms with Crippen LogP contribution in [0.25, 0.3) is 0 Å². The first kappa shape index (κ1) is 19.4. The topological polar surface area (TPSA) is 26.8 Å². The van der Waals surface area contributed by atoms with Crippen LogP contribution in [0.4, 0.5) is 0 Å². The molecule has 1 rings (SSSR count). The predicted molar refractivity (Wildman–Crippen MR) is 94.1 cm³/mol. The normalized spacial score (nSPS) is 23.5. The zero-order valence-corrected chi connectivity index (χ0v) is 15.6. The minimum Gasteiger partial charge on any atom is -0.334 e. The number of carbonyl (C=O) groups is 1. The van der Waals surface area contributed by atoms with Gasteiger partial charge in [-0.1, -0.05) is 26.7 Å². The average Bonchev–Trinajstić information content (AvgIpc) is 2.41. The Morgan fingerprint density at radius 1 is 1.05 bits per heavy atom. The molecule has 0 aromatic heterocycles. The lowest BCUT2D eigenvalue weighted by Gasteiger charge is -2.45. The molecule has 0 aromatic rings. The summed E-state index contributed by atoms with van der Waals surface area (Å²) in [5.41, 5.74) is 0. The predicted octanol–water partition coefficient (Wildman–Crippen LogP) is 2.69. The second-order valence-corrected chi connectivity index (χ2v) is 7.58. The van der Waals surface area contributed by atoms with Crippen molar-refractivity contribution in [1.82, 2.24) is 14.7 Å². The van der Waals surface area contributed by atoms with Gasteiger partial charge in [0.15, 0.2) is 0 Å². The largest absolute Gasteiger partial charge is 0.334 e. The molecule has 1 aliphatic heterocycles. The molecule has 0 radical (unpaired) electrons. The summed E-state index contributed by atoms with van der Waals surface area (Å²) >= 11 is 0. The monoisotopic (exact) mass is 311 g/mol. The van der Waals surface area contributed by atoms with Gasteiger partial charge < -0.3 is 9.80 Å². The molecule has 130 valence electrons. The number of nitrogens with zero attached hydrogens (tertiary/aromatic N) is 3. The third kappa shape index (κ3) is 6.25. The summed E-state index contributed by atoms with van der Waals surface area (Å²) in [7, 11) is 4.28. The Labute approximate surface area is 137 Å². The van der Waals surface area contributed by atoms with Crippen molar-refractivity contribution < 1.29 is 4.79 Å². The fraction of sp³-hybridized carbons (Fsp3) is 0.944. The minimum absolute atomic E-state index is 0.105. The highest BCUT2D eigenvalue weighted by atomic mass is 16.2. The Kier molecular flexibility index (Phi) is 8.40. The first-order chi connectivity index (χ1) is 10.3. The number of rotatable bonds is 8. The highest BCUT2D eigenvalue weighted by Crippen LogP contribution is 2.19. The molecule has 0 aromatic carbocycles. The van der Waals surface area contributed by atoms with Gasteiger partial charge in [0.05, 0.1) is 0 Å². The van der Waals surface area contributed by atoms with Gasteiger partial charge in [0.2, 0.25) is 5.91 Å². The van der Waals surface area contributed by atoms with Gasteiger partial charge in [-0.2, -0.15) is 0 Å². The maximum atomic E-state index is 12.3. The molecule has 4 nitrogen and oxygen atoms in total. The van der Waals surface area contributed by atoms with E-state index in [9.17, 15) is 4.79 Å². The zero-order chi connectivity index (χ0) is 16.7. The van der Waals surface area contributed by atoms with E-state index in [1.165, 1.54) is 38.8 Å². The molecule has 1 fully saturated rings. The molecular formula is C18H37N3O. The molecule has 1 aliphatic rings. The van der Waals surface area contributed by atoms with E-state index < -0.39 is 0 Å². The molecule has 0 aliphatic carbocycles. The van der Waals surface area contributed by atoms with Crippen LogP contribution in [0.15, 0.2) is 0 Å². The molecule has 4 heteroatoms. The molecule has 2 unspecified atom stereocenters. The van der Waals surface area contributed by atoms with Crippen LogP contribution in [0.1, 0.15) is 53.4 Å². The lowest BCUT2D eigenvalue weighted by molar-refractivity contribution is -0.142. The molecule has 2 atom stereocenters. The van der Waals surface area contributed by atoms with Crippen LogP contribution in [0.3, 0.4) is 0 Å². The minimum atomic E-state index is 0.105. The summed E-state index contributed by atoms with van der Waals surface area (Å²) in [4.78, 5) is 19.2. The van der Waals surface area contributed by atoms with Gasteiger partial charge in [-0.25, -0.2) is 0 Å². The van der Waals surface area contributed by atoms with Crippen molar-refractivity contribution >= 4 is 5.91 Å². The van der Waals surface area contributed by atoms with Crippen molar-refractivity contribution in [2.45, 2.75) is 65.5 Å². The third-order valence-corrected chi connectivity index (χ3v) is 4.57. The van der Waals surface area contributed by atoms with Crippen molar-refractivity contribution in [3.05, 3.63) is 0 Å². The summed E-state index contributed by atoms with van der Waals surface area (Å²) in [5.74, 6) is 0.413. The van der Waals surface area contributed by atoms with E-state index in [0.29, 0.717) is 18.0 Å². The van der Waals surface area contributed by atoms with E-state index in [4.69, 9.17) is 0 Å². The fourth-order valence-electron chi connectivity index (χ4n) is 3.46. The van der Waals surface area contributed by atoms with Gasteiger partial charge in [-0.3, -0.25) is 9.69 Å². The summed E-state index contributed by atoms with van der Waals surface area (Å²) in [6, 6.07) is 0.680. The Morgan fingerprint density at radius 2 is 1.59 bits per heavy atom. The van der Waals surface area contributed by atoms with Crippen molar-refractivity contribution in [1.29, 1.82) is 0 Å². The number of carbonyl (C=O) groups excluding carboxylic acids is 1.